The van der Waals surface area contributed by atoms with Gasteiger partial charge in [-0.05, 0) is 43.5 Å². The number of rotatable bonds is 14. The van der Waals surface area contributed by atoms with Crippen LogP contribution in [-0.2, 0) is 25.6 Å². The predicted molar refractivity (Wildman–Crippen MR) is 121 cm³/mol. The van der Waals surface area contributed by atoms with Gasteiger partial charge in [0, 0.05) is 12.2 Å². The van der Waals surface area contributed by atoms with Crippen LogP contribution < -0.4 is 27.4 Å². The summed E-state index contributed by atoms with van der Waals surface area (Å²) < 4.78 is 0. The van der Waals surface area contributed by atoms with Gasteiger partial charge in [-0.1, -0.05) is 12.1 Å². The minimum atomic E-state index is -1.24. The summed E-state index contributed by atoms with van der Waals surface area (Å²) in [5, 5.41) is 26.0. The summed E-state index contributed by atoms with van der Waals surface area (Å²) in [4.78, 5) is 48.2. The van der Waals surface area contributed by atoms with Crippen molar-refractivity contribution in [2.75, 3.05) is 18.8 Å². The van der Waals surface area contributed by atoms with Crippen LogP contribution in [0.1, 0.15) is 24.8 Å². The molecule has 9 N–H and O–H groups in total. The molecule has 32 heavy (non-hydrogen) atoms. The van der Waals surface area contributed by atoms with E-state index in [4.69, 9.17) is 11.5 Å². The van der Waals surface area contributed by atoms with Crippen LogP contribution in [0.2, 0.25) is 0 Å². The first-order valence-electron chi connectivity index (χ1n) is 10.1. The third kappa shape index (κ3) is 9.98. The molecule has 12 heteroatoms. The fourth-order valence-corrected chi connectivity index (χ4v) is 2.89. The molecule has 178 valence electrons. The molecule has 0 spiro atoms. The molecule has 0 aliphatic carbocycles. The summed E-state index contributed by atoms with van der Waals surface area (Å²) >= 11 is 3.96. The largest absolute Gasteiger partial charge is 0.508 e. The average molecular weight is 470 g/mol. The van der Waals surface area contributed by atoms with Crippen molar-refractivity contribution in [3.05, 3.63) is 29.8 Å². The SMILES string of the molecule is NCCCCC(NC(=O)C(N)CS)C(=O)NCC(=O)NC(Cc1ccc(O)cc1)C(=O)O. The molecular formula is C20H31N5O6S. The van der Waals surface area contributed by atoms with Crippen LogP contribution in [0.25, 0.3) is 0 Å². The normalized spacial score (nSPS) is 13.5. The maximum absolute atomic E-state index is 12.5. The van der Waals surface area contributed by atoms with Crippen LogP contribution in [0.5, 0.6) is 5.75 Å². The summed E-state index contributed by atoms with van der Waals surface area (Å²) in [7, 11) is 0. The number of phenols is 1. The van der Waals surface area contributed by atoms with E-state index in [0.717, 1.165) is 0 Å². The molecule has 1 aromatic carbocycles. The number of aliphatic carboxylic acids is 1. The molecule has 0 fully saturated rings. The number of nitrogens with one attached hydrogen (secondary N) is 3. The highest BCUT2D eigenvalue weighted by Crippen LogP contribution is 2.11. The number of thiol groups is 1. The second-order valence-corrected chi connectivity index (χ2v) is 7.55. The topological polar surface area (TPSA) is 197 Å². The Kier molecular flexibility index (Phi) is 12.1. The zero-order valence-electron chi connectivity index (χ0n) is 17.6. The van der Waals surface area contributed by atoms with Crippen molar-refractivity contribution in [2.45, 2.75) is 43.8 Å². The molecule has 0 saturated heterocycles. The molecule has 0 aliphatic heterocycles. The minimum Gasteiger partial charge on any atom is -0.508 e. The van der Waals surface area contributed by atoms with Crippen LogP contribution in [0.3, 0.4) is 0 Å². The highest BCUT2D eigenvalue weighted by Gasteiger charge is 2.25. The number of phenolic OH excluding ortho intramolecular Hbond substituents is 1. The molecule has 3 atom stereocenters. The molecule has 0 saturated carbocycles. The van der Waals surface area contributed by atoms with E-state index in [1.54, 1.807) is 12.1 Å². The number of carbonyl (C=O) groups excluding carboxylic acids is 3. The lowest BCUT2D eigenvalue weighted by Gasteiger charge is -2.20. The van der Waals surface area contributed by atoms with E-state index in [1.807, 2.05) is 0 Å². The Morgan fingerprint density at radius 1 is 1.00 bits per heavy atom. The van der Waals surface area contributed by atoms with Crippen LogP contribution in [0, 0.1) is 0 Å². The number of benzene rings is 1. The summed E-state index contributed by atoms with van der Waals surface area (Å²) in [5.41, 5.74) is 11.7. The predicted octanol–water partition coefficient (Wildman–Crippen LogP) is -1.51. The van der Waals surface area contributed by atoms with Gasteiger partial charge in [0.1, 0.15) is 17.8 Å². The number of carbonyl (C=O) groups is 4. The zero-order valence-corrected chi connectivity index (χ0v) is 18.5. The lowest BCUT2D eigenvalue weighted by Crippen LogP contribution is -2.54. The number of amides is 3. The van der Waals surface area contributed by atoms with Crippen LogP contribution in [0.15, 0.2) is 24.3 Å². The van der Waals surface area contributed by atoms with Gasteiger partial charge in [0.25, 0.3) is 0 Å². The van der Waals surface area contributed by atoms with Crippen molar-refractivity contribution in [3.63, 3.8) is 0 Å². The van der Waals surface area contributed by atoms with Gasteiger partial charge < -0.3 is 37.6 Å². The molecular weight excluding hydrogens is 438 g/mol. The van der Waals surface area contributed by atoms with E-state index in [9.17, 15) is 29.4 Å². The quantitative estimate of drug-likeness (QED) is 0.119. The molecule has 0 aromatic heterocycles. The number of aromatic hydroxyl groups is 1. The van der Waals surface area contributed by atoms with Gasteiger partial charge in [-0.3, -0.25) is 14.4 Å². The Bertz CT molecular complexity index is 776. The van der Waals surface area contributed by atoms with E-state index in [2.05, 4.69) is 28.6 Å². The van der Waals surface area contributed by atoms with Crippen molar-refractivity contribution >= 4 is 36.3 Å². The van der Waals surface area contributed by atoms with Crippen molar-refractivity contribution in [1.29, 1.82) is 0 Å². The zero-order chi connectivity index (χ0) is 24.1. The van der Waals surface area contributed by atoms with Gasteiger partial charge in [-0.25, -0.2) is 4.79 Å². The fraction of sp³-hybridized carbons (Fsp3) is 0.500. The number of carboxylic acids is 1. The first-order chi connectivity index (χ1) is 15.2. The standard InChI is InChI=1S/C20H31N5O6S/c21-8-2-1-3-15(25-18(28)14(22)11-32)19(29)23-10-17(27)24-16(20(30)31)9-12-4-6-13(26)7-5-12/h4-7,14-16,26,32H,1-3,8-11,21-22H2,(H,23,29)(H,24,27)(H,25,28)(H,30,31). The van der Waals surface area contributed by atoms with Gasteiger partial charge in [0.05, 0.1) is 12.6 Å². The molecule has 0 heterocycles. The third-order valence-corrected chi connectivity index (χ3v) is 4.94. The van der Waals surface area contributed by atoms with Gasteiger partial charge in [0.2, 0.25) is 17.7 Å². The summed E-state index contributed by atoms with van der Waals surface area (Å²) in [6.07, 6.45) is 1.52. The third-order valence-electron chi connectivity index (χ3n) is 4.55. The van der Waals surface area contributed by atoms with E-state index in [-0.39, 0.29) is 17.9 Å². The Morgan fingerprint density at radius 2 is 1.66 bits per heavy atom. The molecule has 0 aliphatic rings. The van der Waals surface area contributed by atoms with Crippen molar-refractivity contribution in [3.8, 4) is 5.75 Å². The second kappa shape index (κ2) is 14.3. The highest BCUT2D eigenvalue weighted by molar-refractivity contribution is 7.80. The van der Waals surface area contributed by atoms with Crippen LogP contribution in [0.4, 0.5) is 0 Å². The summed E-state index contributed by atoms with van der Waals surface area (Å²) in [5.74, 6) is -2.95. The minimum absolute atomic E-state index is 0.00527. The smallest absolute Gasteiger partial charge is 0.326 e. The first kappa shape index (κ1) is 27.2. The van der Waals surface area contributed by atoms with Gasteiger partial charge in [-0.2, -0.15) is 12.6 Å². The molecule has 0 bridgehead atoms. The van der Waals surface area contributed by atoms with E-state index in [1.165, 1.54) is 12.1 Å². The maximum atomic E-state index is 12.5. The van der Waals surface area contributed by atoms with Crippen molar-refractivity contribution in [1.82, 2.24) is 16.0 Å². The van der Waals surface area contributed by atoms with Crippen LogP contribution >= 0.6 is 12.6 Å². The van der Waals surface area contributed by atoms with Gasteiger partial charge >= 0.3 is 5.97 Å². The molecule has 1 rings (SSSR count). The lowest BCUT2D eigenvalue weighted by atomic mass is 10.1. The highest BCUT2D eigenvalue weighted by atomic mass is 32.1. The molecule has 3 amide bonds. The Balaban J connectivity index is 2.65. The maximum Gasteiger partial charge on any atom is 0.326 e. The molecule has 3 unspecified atom stereocenters. The van der Waals surface area contributed by atoms with Crippen LogP contribution in [-0.4, -0.2) is 70.9 Å². The number of carboxylic acid groups (broad SMARTS) is 1. The number of nitrogens with two attached hydrogens (primary N) is 2. The van der Waals surface area contributed by atoms with Crippen molar-refractivity contribution < 1.29 is 29.4 Å². The number of unbranched alkanes of at least 4 members (excludes halogenated alkanes) is 1. The molecule has 0 radical (unpaired) electrons. The fourth-order valence-electron chi connectivity index (χ4n) is 2.73. The summed E-state index contributed by atoms with van der Waals surface area (Å²) in [6.45, 7) is -0.0431. The van der Waals surface area contributed by atoms with E-state index in [0.29, 0.717) is 31.4 Å². The average Bonchev–Trinajstić information content (AvgIpc) is 2.77. The van der Waals surface area contributed by atoms with E-state index < -0.39 is 48.4 Å². The first-order valence-corrected chi connectivity index (χ1v) is 10.8. The summed E-state index contributed by atoms with van der Waals surface area (Å²) in [6, 6.07) is 2.89. The second-order valence-electron chi connectivity index (χ2n) is 7.18. The molecule has 1 aromatic rings. The monoisotopic (exact) mass is 469 g/mol. The Morgan fingerprint density at radius 3 is 2.22 bits per heavy atom. The Labute approximate surface area is 191 Å². The number of hydrogen-bond donors (Lipinski definition) is 8. The number of hydrogen-bond acceptors (Lipinski definition) is 8. The Hall–Kier alpha value is -2.83. The van der Waals surface area contributed by atoms with Gasteiger partial charge in [-0.15, -0.1) is 0 Å². The van der Waals surface area contributed by atoms with Crippen molar-refractivity contribution in [2.24, 2.45) is 11.5 Å². The van der Waals surface area contributed by atoms with Gasteiger partial charge in [0.15, 0.2) is 0 Å². The lowest BCUT2D eigenvalue weighted by molar-refractivity contribution is -0.141. The molecule has 11 nitrogen and oxygen atoms in total. The van der Waals surface area contributed by atoms with E-state index >= 15 is 0 Å².